The Bertz CT molecular complexity index is 1450. The molecule has 0 bridgehead atoms. The highest BCUT2D eigenvalue weighted by Gasteiger charge is 2.36. The number of aryl methyl sites for hydroxylation is 1. The van der Waals surface area contributed by atoms with Gasteiger partial charge < -0.3 is 9.84 Å². The van der Waals surface area contributed by atoms with Crippen molar-refractivity contribution < 1.29 is 14.6 Å². The Kier molecular flexibility index (Phi) is 6.71. The summed E-state index contributed by atoms with van der Waals surface area (Å²) in [6.45, 7) is 8.61. The first-order chi connectivity index (χ1) is 16.5. The molecule has 0 saturated carbocycles. The number of aliphatic carboxylic acids is 1. The van der Waals surface area contributed by atoms with Crippen molar-refractivity contribution in [3.05, 3.63) is 85.4 Å². The number of hydrogen-bond acceptors (Lipinski definition) is 5. The summed E-state index contributed by atoms with van der Waals surface area (Å²) in [5.74, 6) is -1.25. The van der Waals surface area contributed by atoms with Gasteiger partial charge in [-0.25, -0.2) is 14.2 Å². The van der Waals surface area contributed by atoms with Crippen LogP contribution in [-0.4, -0.2) is 26.3 Å². The summed E-state index contributed by atoms with van der Waals surface area (Å²) in [7, 11) is 0. The SMILES string of the molecule is Cc1c(C2=CC=CC2)sc2c1c(=O)n(C(C)(C)C(=O)O)c(=O)n2C[C@H](OC(C)C)c1ccccc1. The zero-order chi connectivity index (χ0) is 25.5. The molecule has 3 aromatic rings. The van der Waals surface area contributed by atoms with Gasteiger partial charge in [0.25, 0.3) is 5.56 Å². The molecule has 1 aliphatic rings. The third kappa shape index (κ3) is 4.44. The minimum Gasteiger partial charge on any atom is -0.480 e. The Labute approximate surface area is 207 Å². The van der Waals surface area contributed by atoms with Crippen LogP contribution in [0.5, 0.6) is 0 Å². The van der Waals surface area contributed by atoms with Gasteiger partial charge in [0, 0.05) is 4.88 Å². The first-order valence-electron chi connectivity index (χ1n) is 11.6. The van der Waals surface area contributed by atoms with E-state index in [2.05, 4.69) is 0 Å². The molecule has 0 spiro atoms. The summed E-state index contributed by atoms with van der Waals surface area (Å²) < 4.78 is 8.60. The molecule has 0 amide bonds. The molecule has 4 rings (SSSR count). The first-order valence-corrected chi connectivity index (χ1v) is 12.4. The van der Waals surface area contributed by atoms with Gasteiger partial charge in [0.2, 0.25) is 0 Å². The van der Waals surface area contributed by atoms with Crippen LogP contribution in [0.3, 0.4) is 0 Å². The lowest BCUT2D eigenvalue weighted by molar-refractivity contribution is -0.146. The molecular formula is C27H30N2O5S. The molecule has 0 unspecified atom stereocenters. The number of carbonyl (C=O) groups is 1. The van der Waals surface area contributed by atoms with Crippen molar-refractivity contribution in [2.45, 2.75) is 65.3 Å². The predicted octanol–water partition coefficient (Wildman–Crippen LogP) is 4.86. The van der Waals surface area contributed by atoms with Gasteiger partial charge in [0.15, 0.2) is 0 Å². The molecule has 2 heterocycles. The van der Waals surface area contributed by atoms with E-state index < -0.39 is 28.9 Å². The van der Waals surface area contributed by atoms with E-state index >= 15 is 0 Å². The highest BCUT2D eigenvalue weighted by Crippen LogP contribution is 2.37. The smallest absolute Gasteiger partial charge is 0.333 e. The molecule has 2 aromatic heterocycles. The van der Waals surface area contributed by atoms with E-state index in [0.717, 1.165) is 32.6 Å². The lowest BCUT2D eigenvalue weighted by atomic mass is 10.0. The average Bonchev–Trinajstić information content (AvgIpc) is 3.44. The molecule has 35 heavy (non-hydrogen) atoms. The van der Waals surface area contributed by atoms with E-state index in [1.807, 2.05) is 69.3 Å². The largest absolute Gasteiger partial charge is 0.480 e. The quantitative estimate of drug-likeness (QED) is 0.483. The maximum absolute atomic E-state index is 13.8. The number of ether oxygens (including phenoxy) is 1. The second-order valence-corrected chi connectivity index (χ2v) is 10.5. The summed E-state index contributed by atoms with van der Waals surface area (Å²) >= 11 is 1.40. The van der Waals surface area contributed by atoms with Gasteiger partial charge in [-0.05, 0) is 57.7 Å². The van der Waals surface area contributed by atoms with Crippen molar-refractivity contribution in [3.8, 4) is 0 Å². The minimum absolute atomic E-state index is 0.108. The van der Waals surface area contributed by atoms with Crippen LogP contribution < -0.4 is 11.2 Å². The second kappa shape index (κ2) is 9.43. The summed E-state index contributed by atoms with van der Waals surface area (Å²) in [6, 6.07) is 9.60. The molecule has 7 nitrogen and oxygen atoms in total. The van der Waals surface area contributed by atoms with Crippen molar-refractivity contribution in [1.82, 2.24) is 9.13 Å². The van der Waals surface area contributed by atoms with Crippen molar-refractivity contribution in [1.29, 1.82) is 0 Å². The fraction of sp³-hybridized carbons (Fsp3) is 0.370. The van der Waals surface area contributed by atoms with Gasteiger partial charge in [0.1, 0.15) is 16.5 Å². The van der Waals surface area contributed by atoms with Gasteiger partial charge in [-0.3, -0.25) is 9.36 Å². The lowest BCUT2D eigenvalue weighted by Gasteiger charge is -2.26. The van der Waals surface area contributed by atoms with Crippen molar-refractivity contribution in [3.63, 3.8) is 0 Å². The van der Waals surface area contributed by atoms with E-state index in [4.69, 9.17) is 4.74 Å². The van der Waals surface area contributed by atoms with E-state index in [-0.39, 0.29) is 12.6 Å². The Hall–Kier alpha value is -3.23. The normalized spacial score (nSPS) is 14.6. The predicted molar refractivity (Wildman–Crippen MR) is 139 cm³/mol. The Morgan fingerprint density at radius 2 is 1.89 bits per heavy atom. The van der Waals surface area contributed by atoms with Crippen LogP contribution in [0.15, 0.2) is 58.1 Å². The number of allylic oxidation sites excluding steroid dienone is 4. The van der Waals surface area contributed by atoms with E-state index in [9.17, 15) is 19.5 Å². The Morgan fingerprint density at radius 3 is 2.46 bits per heavy atom. The molecule has 1 aromatic carbocycles. The number of carboxylic acids is 1. The number of thiophene rings is 1. The van der Waals surface area contributed by atoms with Crippen LogP contribution >= 0.6 is 11.3 Å². The number of rotatable bonds is 8. The second-order valence-electron chi connectivity index (χ2n) is 9.54. The topological polar surface area (TPSA) is 90.5 Å². The van der Waals surface area contributed by atoms with E-state index in [1.165, 1.54) is 29.8 Å². The standard InChI is InChI=1S/C27H30N2O5S/c1-16(2)34-20(18-11-7-6-8-12-18)15-28-24-21(17(3)22(35-24)19-13-9-10-14-19)23(30)29(26(28)33)27(4,5)25(31)32/h6-13,16,20H,14-15H2,1-5H3,(H,31,32)/t20-/m0/s1. The summed E-state index contributed by atoms with van der Waals surface area (Å²) in [6.07, 6.45) is 6.20. The third-order valence-corrected chi connectivity index (χ3v) is 7.70. The lowest BCUT2D eigenvalue weighted by Crippen LogP contribution is -2.52. The molecule has 0 saturated heterocycles. The van der Waals surface area contributed by atoms with Gasteiger partial charge >= 0.3 is 11.7 Å². The number of fused-ring (bicyclic) bond motifs is 1. The fourth-order valence-electron chi connectivity index (χ4n) is 4.41. The fourth-order valence-corrected chi connectivity index (χ4v) is 5.74. The maximum Gasteiger partial charge on any atom is 0.333 e. The average molecular weight is 495 g/mol. The zero-order valence-electron chi connectivity index (χ0n) is 20.6. The van der Waals surface area contributed by atoms with Crippen LogP contribution in [-0.2, 0) is 21.6 Å². The van der Waals surface area contributed by atoms with E-state index in [1.54, 1.807) is 0 Å². The van der Waals surface area contributed by atoms with Gasteiger partial charge in [-0.1, -0.05) is 48.6 Å². The number of hydrogen-bond donors (Lipinski definition) is 1. The highest BCUT2D eigenvalue weighted by molar-refractivity contribution is 7.19. The van der Waals surface area contributed by atoms with Crippen LogP contribution in [0.25, 0.3) is 15.8 Å². The van der Waals surface area contributed by atoms with E-state index in [0.29, 0.717) is 10.2 Å². The molecular weight excluding hydrogens is 464 g/mol. The molecule has 1 aliphatic carbocycles. The van der Waals surface area contributed by atoms with Gasteiger partial charge in [0.05, 0.1) is 18.0 Å². The summed E-state index contributed by atoms with van der Waals surface area (Å²) in [5.41, 5.74) is -0.240. The first kappa shape index (κ1) is 24.9. The number of nitrogens with zero attached hydrogens (tertiary/aromatic N) is 2. The molecule has 8 heteroatoms. The number of aromatic nitrogens is 2. The molecule has 184 valence electrons. The van der Waals surface area contributed by atoms with Crippen LogP contribution in [0.1, 0.15) is 56.2 Å². The maximum atomic E-state index is 13.8. The Balaban J connectivity index is 2.02. The number of carboxylic acid groups (broad SMARTS) is 1. The monoisotopic (exact) mass is 494 g/mol. The van der Waals surface area contributed by atoms with Crippen molar-refractivity contribution >= 4 is 33.1 Å². The molecule has 1 atom stereocenters. The zero-order valence-corrected chi connectivity index (χ0v) is 21.4. The summed E-state index contributed by atoms with van der Waals surface area (Å²) in [5, 5.41) is 10.3. The van der Waals surface area contributed by atoms with Crippen LogP contribution in [0.4, 0.5) is 0 Å². The third-order valence-electron chi connectivity index (χ3n) is 6.31. The summed E-state index contributed by atoms with van der Waals surface area (Å²) in [4.78, 5) is 41.1. The molecule has 0 aliphatic heterocycles. The van der Waals surface area contributed by atoms with Crippen molar-refractivity contribution in [2.75, 3.05) is 0 Å². The minimum atomic E-state index is -1.73. The molecule has 0 fully saturated rings. The number of benzene rings is 1. The van der Waals surface area contributed by atoms with Crippen LogP contribution in [0.2, 0.25) is 0 Å². The van der Waals surface area contributed by atoms with Gasteiger partial charge in [-0.15, -0.1) is 11.3 Å². The van der Waals surface area contributed by atoms with Crippen molar-refractivity contribution in [2.24, 2.45) is 0 Å². The van der Waals surface area contributed by atoms with Gasteiger partial charge in [-0.2, -0.15) is 0 Å². The molecule has 0 radical (unpaired) electrons. The van der Waals surface area contributed by atoms with Crippen LogP contribution in [0, 0.1) is 6.92 Å². The Morgan fingerprint density at radius 1 is 1.20 bits per heavy atom. The molecule has 1 N–H and O–H groups in total. The highest BCUT2D eigenvalue weighted by atomic mass is 32.1.